The smallest absolute Gasteiger partial charge is 0.330 e. The number of hydrogen-bond acceptors (Lipinski definition) is 7. The van der Waals surface area contributed by atoms with E-state index in [-0.39, 0.29) is 36.5 Å². The maximum Gasteiger partial charge on any atom is 0.330 e. The van der Waals surface area contributed by atoms with E-state index in [1.807, 2.05) is 48.5 Å². The minimum atomic E-state index is -0.692. The highest BCUT2D eigenvalue weighted by molar-refractivity contribution is 5.96. The second kappa shape index (κ2) is 9.90. The van der Waals surface area contributed by atoms with Crippen LogP contribution in [-0.4, -0.2) is 53.7 Å². The van der Waals surface area contributed by atoms with Crippen molar-refractivity contribution in [3.8, 4) is 11.5 Å². The number of carbonyl (C=O) groups is 1. The van der Waals surface area contributed by atoms with Crippen LogP contribution in [0.25, 0.3) is 0 Å². The van der Waals surface area contributed by atoms with E-state index in [9.17, 15) is 14.4 Å². The number of amides is 1. The summed E-state index contributed by atoms with van der Waals surface area (Å²) < 4.78 is 12.6. The summed E-state index contributed by atoms with van der Waals surface area (Å²) in [6.07, 6.45) is 1.85. The normalized spacial score (nSPS) is 17.2. The number of fused-ring (bicyclic) bond motifs is 1. The predicted molar refractivity (Wildman–Crippen MR) is 136 cm³/mol. The number of hydrogen-bond donors (Lipinski definition) is 2. The second-order valence-corrected chi connectivity index (χ2v) is 9.05. The van der Waals surface area contributed by atoms with Crippen molar-refractivity contribution >= 4 is 17.4 Å². The molecule has 0 spiro atoms. The molecule has 1 aromatic heterocycles. The van der Waals surface area contributed by atoms with Crippen LogP contribution in [0.1, 0.15) is 30.0 Å². The molecular weight excluding hydrogens is 462 g/mol. The molecule has 1 fully saturated rings. The summed E-state index contributed by atoms with van der Waals surface area (Å²) in [5.74, 6) is 1.11. The van der Waals surface area contributed by atoms with E-state index in [2.05, 4.69) is 9.88 Å². The molecule has 0 unspecified atom stereocenters. The van der Waals surface area contributed by atoms with Gasteiger partial charge in [0.2, 0.25) is 5.91 Å². The average Bonchev–Trinajstić information content (AvgIpc) is 3.34. The number of nitrogens with two attached hydrogens (primary N) is 1. The number of benzene rings is 2. The van der Waals surface area contributed by atoms with Crippen molar-refractivity contribution in [1.29, 1.82) is 0 Å². The number of H-pyrrole nitrogens is 1. The summed E-state index contributed by atoms with van der Waals surface area (Å²) >= 11 is 0. The van der Waals surface area contributed by atoms with Crippen molar-refractivity contribution in [1.82, 2.24) is 14.5 Å². The number of nitrogens with one attached hydrogen (secondary N) is 1. The van der Waals surface area contributed by atoms with Crippen molar-refractivity contribution in [2.24, 2.45) is 0 Å². The molecule has 0 aliphatic carbocycles. The van der Waals surface area contributed by atoms with Gasteiger partial charge < -0.3 is 20.1 Å². The molecule has 3 N–H and O–H groups in total. The molecule has 1 saturated heterocycles. The fourth-order valence-corrected chi connectivity index (χ4v) is 4.89. The summed E-state index contributed by atoms with van der Waals surface area (Å²) in [4.78, 5) is 44.1. The van der Waals surface area contributed by atoms with Crippen molar-refractivity contribution in [2.75, 3.05) is 44.0 Å². The largest absolute Gasteiger partial charge is 0.486 e. The highest BCUT2D eigenvalue weighted by Crippen LogP contribution is 2.38. The van der Waals surface area contributed by atoms with Crippen LogP contribution < -0.4 is 31.4 Å². The van der Waals surface area contributed by atoms with Gasteiger partial charge in [0.25, 0.3) is 5.56 Å². The number of ether oxygens (including phenoxy) is 2. The van der Waals surface area contributed by atoms with E-state index in [0.717, 1.165) is 36.3 Å². The molecular formula is C26H29N5O5. The summed E-state index contributed by atoms with van der Waals surface area (Å²) in [5, 5.41) is 0. The van der Waals surface area contributed by atoms with Crippen LogP contribution in [0.2, 0.25) is 0 Å². The van der Waals surface area contributed by atoms with Crippen molar-refractivity contribution in [2.45, 2.75) is 25.4 Å². The van der Waals surface area contributed by atoms with E-state index in [1.54, 1.807) is 0 Å². The zero-order chi connectivity index (χ0) is 25.2. The lowest BCUT2D eigenvalue weighted by molar-refractivity contribution is -0.119. The molecule has 0 radical (unpaired) electrons. The molecule has 1 amide bonds. The third kappa shape index (κ3) is 4.59. The molecule has 0 bridgehead atoms. The zero-order valence-electron chi connectivity index (χ0n) is 20.1. The molecule has 36 heavy (non-hydrogen) atoms. The van der Waals surface area contributed by atoms with Gasteiger partial charge in [-0.15, -0.1) is 0 Å². The topological polar surface area (TPSA) is 123 Å². The number of aromatic nitrogens is 2. The van der Waals surface area contributed by atoms with E-state index in [0.29, 0.717) is 19.0 Å². The molecule has 1 atom stereocenters. The summed E-state index contributed by atoms with van der Waals surface area (Å²) in [6, 6.07) is 15.2. The monoisotopic (exact) mass is 491 g/mol. The molecule has 10 heteroatoms. The van der Waals surface area contributed by atoms with Gasteiger partial charge in [0.1, 0.15) is 19.0 Å². The minimum absolute atomic E-state index is 0.0365. The van der Waals surface area contributed by atoms with Gasteiger partial charge in [-0.25, -0.2) is 4.79 Å². The molecule has 0 saturated carbocycles. The molecule has 2 aliphatic heterocycles. The summed E-state index contributed by atoms with van der Waals surface area (Å²) in [6.45, 7) is 2.07. The van der Waals surface area contributed by atoms with Gasteiger partial charge in [-0.1, -0.05) is 36.4 Å². The molecule has 3 aromatic rings. The number of anilines is 2. The Morgan fingerprint density at radius 2 is 1.86 bits per heavy atom. The fourth-order valence-electron chi connectivity index (χ4n) is 4.89. The lowest BCUT2D eigenvalue weighted by Gasteiger charge is -2.28. The lowest BCUT2D eigenvalue weighted by Crippen LogP contribution is -2.43. The van der Waals surface area contributed by atoms with E-state index in [1.165, 1.54) is 16.5 Å². The van der Waals surface area contributed by atoms with Gasteiger partial charge >= 0.3 is 5.69 Å². The van der Waals surface area contributed by atoms with Gasteiger partial charge in [0, 0.05) is 13.1 Å². The highest BCUT2D eigenvalue weighted by atomic mass is 16.6. The summed E-state index contributed by atoms with van der Waals surface area (Å²) in [5.41, 5.74) is 6.82. The molecule has 5 rings (SSSR count). The maximum absolute atomic E-state index is 13.3. The van der Waals surface area contributed by atoms with Crippen LogP contribution >= 0.6 is 0 Å². The van der Waals surface area contributed by atoms with Crippen LogP contribution in [0.4, 0.5) is 11.5 Å². The first-order valence-electron chi connectivity index (χ1n) is 12.0. The fraction of sp³-hybridized carbons (Fsp3) is 0.346. The third-order valence-electron chi connectivity index (χ3n) is 6.76. The summed E-state index contributed by atoms with van der Waals surface area (Å²) in [7, 11) is 1.51. The Kier molecular flexibility index (Phi) is 6.51. The Labute approximate surface area is 207 Å². The number of likely N-dealkylation sites (N-methyl/N-ethyl adjacent to an activating group) is 1. The first-order valence-corrected chi connectivity index (χ1v) is 12.0. The number of likely N-dealkylation sites (tertiary alicyclic amines) is 1. The lowest BCUT2D eigenvalue weighted by atomic mass is 10.0. The van der Waals surface area contributed by atoms with Crippen LogP contribution in [0, 0.1) is 0 Å². The van der Waals surface area contributed by atoms with Gasteiger partial charge in [-0.05, 0) is 42.6 Å². The predicted octanol–water partition coefficient (Wildman–Crippen LogP) is 1.74. The van der Waals surface area contributed by atoms with Gasteiger partial charge in [0.15, 0.2) is 17.2 Å². The van der Waals surface area contributed by atoms with Gasteiger partial charge in [-0.3, -0.25) is 24.0 Å². The minimum Gasteiger partial charge on any atom is -0.486 e. The first kappa shape index (κ1) is 23.7. The molecule has 188 valence electrons. The van der Waals surface area contributed by atoms with Crippen LogP contribution in [0.3, 0.4) is 0 Å². The number of nitrogen functional groups attached to an aromatic ring is 1. The Hall–Kier alpha value is -4.05. The number of carbonyl (C=O) groups excluding carboxylic acids is 1. The number of nitrogens with zero attached hydrogens (tertiary/aromatic N) is 3. The van der Waals surface area contributed by atoms with E-state index < -0.39 is 11.2 Å². The van der Waals surface area contributed by atoms with Crippen molar-refractivity contribution in [3.63, 3.8) is 0 Å². The number of aromatic amines is 1. The Balaban J connectivity index is 1.36. The molecule has 2 aromatic carbocycles. The molecule has 3 heterocycles. The van der Waals surface area contributed by atoms with Crippen LogP contribution in [-0.2, 0) is 11.3 Å². The Morgan fingerprint density at radius 1 is 1.11 bits per heavy atom. The van der Waals surface area contributed by atoms with Crippen LogP contribution in [0.15, 0.2) is 58.1 Å². The molecule has 10 nitrogen and oxygen atoms in total. The van der Waals surface area contributed by atoms with E-state index >= 15 is 0 Å². The van der Waals surface area contributed by atoms with Crippen molar-refractivity contribution in [3.05, 3.63) is 80.5 Å². The highest BCUT2D eigenvalue weighted by Gasteiger charge is 2.31. The zero-order valence-corrected chi connectivity index (χ0v) is 20.1. The standard InChI is InChI=1S/C26H29N5O5/c1-29(23-24(27)31(26(34)28-25(23)33)15-17-6-3-2-4-7-17)22(32)16-30-11-5-8-19(30)18-9-10-20-21(14-18)36-13-12-35-20/h2-4,6-7,9-10,14,19H,5,8,11-13,15-16,27H2,1H3,(H,28,33,34)/t19-/m0/s1. The van der Waals surface area contributed by atoms with Crippen LogP contribution in [0.5, 0.6) is 11.5 Å². The maximum atomic E-state index is 13.3. The number of rotatable bonds is 6. The molecule has 2 aliphatic rings. The quantitative estimate of drug-likeness (QED) is 0.538. The average molecular weight is 492 g/mol. The van der Waals surface area contributed by atoms with Gasteiger partial charge in [-0.2, -0.15) is 0 Å². The van der Waals surface area contributed by atoms with Crippen molar-refractivity contribution < 1.29 is 14.3 Å². The second-order valence-electron chi connectivity index (χ2n) is 9.05. The Morgan fingerprint density at radius 3 is 2.64 bits per heavy atom. The SMILES string of the molecule is CN(C(=O)CN1CCC[C@H]1c1ccc2c(c1)OCCO2)c1c(N)n(Cc2ccccc2)c(=O)[nH]c1=O. The van der Waals surface area contributed by atoms with Gasteiger partial charge in [0.05, 0.1) is 13.1 Å². The van der Waals surface area contributed by atoms with E-state index in [4.69, 9.17) is 15.2 Å². The first-order chi connectivity index (χ1) is 17.4. The Bertz CT molecular complexity index is 1380. The third-order valence-corrected chi connectivity index (χ3v) is 6.76.